The van der Waals surface area contributed by atoms with Crippen molar-refractivity contribution in [3.05, 3.63) is 29.8 Å². The third-order valence-corrected chi connectivity index (χ3v) is 2.38. The second kappa shape index (κ2) is 3.98. The van der Waals surface area contributed by atoms with Crippen molar-refractivity contribution in [1.82, 2.24) is 15.3 Å². The lowest BCUT2D eigenvalue weighted by Gasteiger charge is -2.07. The van der Waals surface area contributed by atoms with Crippen LogP contribution in [0.1, 0.15) is 25.7 Å². The van der Waals surface area contributed by atoms with E-state index >= 15 is 0 Å². The lowest BCUT2D eigenvalue weighted by Crippen LogP contribution is -2.18. The van der Waals surface area contributed by atoms with Crippen LogP contribution in [0.3, 0.4) is 0 Å². The highest BCUT2D eigenvalue weighted by atomic mass is 19.1. The monoisotopic (exact) mass is 207 g/mol. The summed E-state index contributed by atoms with van der Waals surface area (Å²) in [4.78, 5) is 7.50. The zero-order chi connectivity index (χ0) is 10.8. The fourth-order valence-corrected chi connectivity index (χ4v) is 1.61. The van der Waals surface area contributed by atoms with E-state index in [4.69, 9.17) is 0 Å². The Morgan fingerprint density at radius 1 is 1.53 bits per heavy atom. The van der Waals surface area contributed by atoms with Crippen LogP contribution in [-0.2, 0) is 0 Å². The number of aromatic nitrogens is 2. The Morgan fingerprint density at radius 3 is 3.07 bits per heavy atom. The molecule has 0 fully saturated rings. The molecule has 0 bridgehead atoms. The van der Waals surface area contributed by atoms with E-state index in [9.17, 15) is 4.39 Å². The molecule has 1 aromatic carbocycles. The van der Waals surface area contributed by atoms with Crippen LogP contribution in [-0.4, -0.2) is 16.5 Å². The number of nitrogens with one attached hydrogen (secondary N) is 2. The molecule has 1 unspecified atom stereocenters. The van der Waals surface area contributed by atoms with Crippen molar-refractivity contribution in [2.24, 2.45) is 0 Å². The fraction of sp³-hybridized carbons (Fsp3) is 0.364. The molecule has 0 aliphatic rings. The summed E-state index contributed by atoms with van der Waals surface area (Å²) in [6.07, 6.45) is 0. The van der Waals surface area contributed by atoms with Crippen LogP contribution in [0, 0.1) is 5.82 Å². The van der Waals surface area contributed by atoms with Gasteiger partial charge in [0.05, 0.1) is 17.1 Å². The first kappa shape index (κ1) is 10.1. The van der Waals surface area contributed by atoms with Gasteiger partial charge < -0.3 is 10.3 Å². The zero-order valence-corrected chi connectivity index (χ0v) is 8.84. The van der Waals surface area contributed by atoms with E-state index in [1.165, 1.54) is 12.1 Å². The Bertz CT molecular complexity index is 464. The minimum atomic E-state index is -0.242. The Balaban J connectivity index is 2.38. The average molecular weight is 207 g/mol. The number of fused-ring (bicyclic) bond motifs is 1. The normalized spacial score (nSPS) is 13.3. The molecule has 1 heterocycles. The number of nitrogens with zero attached hydrogens (tertiary/aromatic N) is 1. The van der Waals surface area contributed by atoms with Crippen LogP contribution in [0.5, 0.6) is 0 Å². The SMILES string of the molecule is CCNC(C)c1nc2ccc(F)cc2[nH]1. The van der Waals surface area contributed by atoms with Crippen LogP contribution < -0.4 is 5.32 Å². The molecule has 2 rings (SSSR count). The molecule has 15 heavy (non-hydrogen) atoms. The van der Waals surface area contributed by atoms with Gasteiger partial charge in [-0.2, -0.15) is 0 Å². The van der Waals surface area contributed by atoms with Gasteiger partial charge >= 0.3 is 0 Å². The molecule has 2 N–H and O–H groups in total. The van der Waals surface area contributed by atoms with Crippen molar-refractivity contribution in [2.75, 3.05) is 6.54 Å². The third-order valence-electron chi connectivity index (χ3n) is 2.38. The Kier molecular flexibility index (Phi) is 2.68. The first-order valence-corrected chi connectivity index (χ1v) is 5.09. The first-order valence-electron chi connectivity index (χ1n) is 5.09. The number of hydrogen-bond donors (Lipinski definition) is 2. The lowest BCUT2D eigenvalue weighted by molar-refractivity contribution is 0.573. The van der Waals surface area contributed by atoms with Gasteiger partial charge in [-0.3, -0.25) is 0 Å². The standard InChI is InChI=1S/C11H14FN3/c1-3-13-7(2)11-14-9-5-4-8(12)6-10(9)15-11/h4-7,13H,3H2,1-2H3,(H,14,15). The van der Waals surface area contributed by atoms with Crippen LogP contribution in [0.2, 0.25) is 0 Å². The second-order valence-corrected chi connectivity index (χ2v) is 3.56. The average Bonchev–Trinajstić information content (AvgIpc) is 2.60. The molecule has 1 aromatic heterocycles. The van der Waals surface area contributed by atoms with Crippen LogP contribution >= 0.6 is 0 Å². The molecule has 0 aliphatic carbocycles. The molecule has 2 aromatic rings. The Hall–Kier alpha value is -1.42. The predicted molar refractivity (Wildman–Crippen MR) is 58.1 cm³/mol. The summed E-state index contributed by atoms with van der Waals surface area (Å²) >= 11 is 0. The van der Waals surface area contributed by atoms with Gasteiger partial charge in [0, 0.05) is 0 Å². The maximum absolute atomic E-state index is 12.9. The van der Waals surface area contributed by atoms with Crippen molar-refractivity contribution in [3.63, 3.8) is 0 Å². The summed E-state index contributed by atoms with van der Waals surface area (Å²) in [5.74, 6) is 0.603. The van der Waals surface area contributed by atoms with Crippen LogP contribution in [0.4, 0.5) is 4.39 Å². The first-order chi connectivity index (χ1) is 7.20. The molecule has 1 atom stereocenters. The molecule has 0 spiro atoms. The van der Waals surface area contributed by atoms with Gasteiger partial charge in [0.15, 0.2) is 0 Å². The van der Waals surface area contributed by atoms with Gasteiger partial charge in [0.1, 0.15) is 11.6 Å². The van der Waals surface area contributed by atoms with Crippen LogP contribution in [0.25, 0.3) is 11.0 Å². The van der Waals surface area contributed by atoms with Crippen molar-refractivity contribution < 1.29 is 4.39 Å². The lowest BCUT2D eigenvalue weighted by atomic mass is 10.3. The summed E-state index contributed by atoms with van der Waals surface area (Å²) < 4.78 is 12.9. The molecular formula is C11H14FN3. The van der Waals surface area contributed by atoms with E-state index < -0.39 is 0 Å². The molecule has 0 radical (unpaired) electrons. The van der Waals surface area contributed by atoms with Gasteiger partial charge in [-0.15, -0.1) is 0 Å². The minimum absolute atomic E-state index is 0.158. The summed E-state index contributed by atoms with van der Waals surface area (Å²) in [5.41, 5.74) is 1.55. The van der Waals surface area contributed by atoms with Crippen molar-refractivity contribution in [1.29, 1.82) is 0 Å². The molecule has 0 saturated heterocycles. The van der Waals surface area contributed by atoms with Gasteiger partial charge in [-0.05, 0) is 31.7 Å². The minimum Gasteiger partial charge on any atom is -0.341 e. The quantitative estimate of drug-likeness (QED) is 0.811. The highest BCUT2D eigenvalue weighted by Crippen LogP contribution is 2.16. The number of aromatic amines is 1. The van der Waals surface area contributed by atoms with E-state index in [1.807, 2.05) is 13.8 Å². The number of hydrogen-bond acceptors (Lipinski definition) is 2. The van der Waals surface area contributed by atoms with Crippen molar-refractivity contribution in [2.45, 2.75) is 19.9 Å². The van der Waals surface area contributed by atoms with E-state index in [2.05, 4.69) is 15.3 Å². The number of H-pyrrole nitrogens is 1. The van der Waals surface area contributed by atoms with Crippen molar-refractivity contribution >= 4 is 11.0 Å². The van der Waals surface area contributed by atoms with E-state index in [-0.39, 0.29) is 11.9 Å². The number of halogens is 1. The highest BCUT2D eigenvalue weighted by molar-refractivity contribution is 5.75. The molecular weight excluding hydrogens is 193 g/mol. The summed E-state index contributed by atoms with van der Waals surface area (Å²) in [6.45, 7) is 4.95. The number of rotatable bonds is 3. The summed E-state index contributed by atoms with van der Waals surface area (Å²) in [6, 6.07) is 4.73. The largest absolute Gasteiger partial charge is 0.341 e. The topological polar surface area (TPSA) is 40.7 Å². The highest BCUT2D eigenvalue weighted by Gasteiger charge is 2.09. The fourth-order valence-electron chi connectivity index (χ4n) is 1.61. The summed E-state index contributed by atoms with van der Waals surface area (Å²) in [7, 11) is 0. The van der Waals surface area contributed by atoms with Crippen LogP contribution in [0.15, 0.2) is 18.2 Å². The summed E-state index contributed by atoms with van der Waals surface area (Å²) in [5, 5.41) is 3.25. The number of imidazole rings is 1. The molecule has 0 amide bonds. The van der Waals surface area contributed by atoms with Gasteiger partial charge in [-0.1, -0.05) is 6.92 Å². The third kappa shape index (κ3) is 1.99. The van der Waals surface area contributed by atoms with Crippen molar-refractivity contribution in [3.8, 4) is 0 Å². The van der Waals surface area contributed by atoms with E-state index in [1.54, 1.807) is 6.07 Å². The van der Waals surface area contributed by atoms with Gasteiger partial charge in [0.2, 0.25) is 0 Å². The van der Waals surface area contributed by atoms with Gasteiger partial charge in [0.25, 0.3) is 0 Å². The molecule has 4 heteroatoms. The second-order valence-electron chi connectivity index (χ2n) is 3.56. The van der Waals surface area contributed by atoms with E-state index in [0.29, 0.717) is 0 Å². The maximum atomic E-state index is 12.9. The smallest absolute Gasteiger partial charge is 0.125 e. The molecule has 0 aliphatic heterocycles. The Labute approximate surface area is 87.7 Å². The van der Waals surface area contributed by atoms with E-state index in [0.717, 1.165) is 23.4 Å². The predicted octanol–water partition coefficient (Wildman–Crippen LogP) is 2.37. The maximum Gasteiger partial charge on any atom is 0.125 e. The van der Waals surface area contributed by atoms with Gasteiger partial charge in [-0.25, -0.2) is 9.37 Å². The number of benzene rings is 1. The molecule has 3 nitrogen and oxygen atoms in total. The zero-order valence-electron chi connectivity index (χ0n) is 8.84. The molecule has 80 valence electrons. The molecule has 0 saturated carbocycles. The Morgan fingerprint density at radius 2 is 2.33 bits per heavy atom.